The summed E-state index contributed by atoms with van der Waals surface area (Å²) in [6, 6.07) is 19.0. The second-order valence-corrected chi connectivity index (χ2v) is 5.68. The summed E-state index contributed by atoms with van der Waals surface area (Å²) in [4.78, 5) is 13.4. The zero-order valence-electron chi connectivity index (χ0n) is 15.4. The molecule has 114 valence electrons. The third-order valence-electron chi connectivity index (χ3n) is 4.60. The van der Waals surface area contributed by atoms with Crippen LogP contribution in [-0.2, 0) is 10.2 Å². The lowest BCUT2D eigenvalue weighted by atomic mass is 9.64. The number of carbonyl (C=O) groups excluding carboxylic acids is 1. The first-order chi connectivity index (χ1) is 11.9. The van der Waals surface area contributed by atoms with Crippen LogP contribution in [0.25, 0.3) is 0 Å². The normalized spacial score (nSPS) is 20.7. The standard InChI is InChI=1S/C19H22N2O/c1-20-18(22)19(17-12-13-21-14-17,15-8-4-2-5-9-15)16-10-6-3-7-11-16/h2-11,17,21H,12-14H2,1H3,(H,20,22)/t17-/m1/s1/i1D3. The minimum absolute atomic E-state index is 0.0281. The summed E-state index contributed by atoms with van der Waals surface area (Å²) < 4.78 is 22.6. The van der Waals surface area contributed by atoms with Gasteiger partial charge >= 0.3 is 0 Å². The maximum atomic E-state index is 13.4. The van der Waals surface area contributed by atoms with Gasteiger partial charge in [0.15, 0.2) is 0 Å². The van der Waals surface area contributed by atoms with E-state index < -0.39 is 18.3 Å². The molecule has 1 amide bonds. The van der Waals surface area contributed by atoms with E-state index in [0.717, 1.165) is 24.1 Å². The van der Waals surface area contributed by atoms with Gasteiger partial charge in [-0.2, -0.15) is 0 Å². The average molecular weight is 297 g/mol. The van der Waals surface area contributed by atoms with E-state index in [0.29, 0.717) is 6.54 Å². The Balaban J connectivity index is 2.22. The van der Waals surface area contributed by atoms with Gasteiger partial charge in [0.25, 0.3) is 0 Å². The number of carbonyl (C=O) groups is 1. The molecule has 2 aromatic carbocycles. The summed E-state index contributed by atoms with van der Waals surface area (Å²) in [5.41, 5.74) is 0.591. The topological polar surface area (TPSA) is 41.1 Å². The van der Waals surface area contributed by atoms with Crippen molar-refractivity contribution >= 4 is 5.91 Å². The molecule has 0 spiro atoms. The Morgan fingerprint density at radius 1 is 1.14 bits per heavy atom. The number of likely N-dealkylation sites (N-methyl/N-ethyl adjacent to an activating group) is 1. The predicted molar refractivity (Wildman–Crippen MR) is 88.7 cm³/mol. The Bertz CT molecular complexity index is 671. The first-order valence-electron chi connectivity index (χ1n) is 9.09. The van der Waals surface area contributed by atoms with Crippen molar-refractivity contribution in [3.8, 4) is 0 Å². The molecule has 1 aliphatic rings. The van der Waals surface area contributed by atoms with E-state index in [-0.39, 0.29) is 5.92 Å². The molecular weight excluding hydrogens is 272 g/mol. The maximum absolute atomic E-state index is 13.4. The lowest BCUT2D eigenvalue weighted by molar-refractivity contribution is -0.126. The third kappa shape index (κ3) is 2.32. The summed E-state index contributed by atoms with van der Waals surface area (Å²) in [6.45, 7) is -1.05. The Kier molecular flexibility index (Phi) is 3.29. The monoisotopic (exact) mass is 297 g/mol. The van der Waals surface area contributed by atoms with Crippen LogP contribution in [0.2, 0.25) is 0 Å². The molecule has 2 aromatic rings. The van der Waals surface area contributed by atoms with Crippen LogP contribution in [0, 0.1) is 5.92 Å². The van der Waals surface area contributed by atoms with Gasteiger partial charge in [-0.1, -0.05) is 60.7 Å². The van der Waals surface area contributed by atoms with Gasteiger partial charge in [-0.3, -0.25) is 4.79 Å². The highest BCUT2D eigenvalue weighted by Crippen LogP contribution is 2.42. The maximum Gasteiger partial charge on any atom is 0.235 e. The van der Waals surface area contributed by atoms with Crippen molar-refractivity contribution in [3.63, 3.8) is 0 Å². The molecule has 0 aliphatic carbocycles. The molecule has 0 unspecified atom stereocenters. The van der Waals surface area contributed by atoms with Gasteiger partial charge in [-0.15, -0.1) is 0 Å². The fourth-order valence-corrected chi connectivity index (χ4v) is 3.61. The minimum Gasteiger partial charge on any atom is -0.358 e. The van der Waals surface area contributed by atoms with E-state index in [1.165, 1.54) is 0 Å². The van der Waals surface area contributed by atoms with Gasteiger partial charge in [0.1, 0.15) is 5.41 Å². The molecule has 0 bridgehead atoms. The molecular formula is C19H22N2O. The average Bonchev–Trinajstić information content (AvgIpc) is 3.11. The van der Waals surface area contributed by atoms with Gasteiger partial charge in [0.2, 0.25) is 5.91 Å². The second kappa shape index (κ2) is 6.32. The molecule has 0 radical (unpaired) electrons. The van der Waals surface area contributed by atoms with Gasteiger partial charge in [0, 0.05) is 11.1 Å². The van der Waals surface area contributed by atoms with Crippen molar-refractivity contribution < 1.29 is 8.91 Å². The van der Waals surface area contributed by atoms with E-state index in [1.54, 1.807) is 0 Å². The highest BCUT2D eigenvalue weighted by molar-refractivity contribution is 5.92. The zero-order valence-corrected chi connectivity index (χ0v) is 12.4. The first kappa shape index (κ1) is 11.4. The van der Waals surface area contributed by atoms with Crippen LogP contribution in [0.15, 0.2) is 60.7 Å². The molecule has 1 aliphatic heterocycles. The van der Waals surface area contributed by atoms with Crippen LogP contribution < -0.4 is 10.6 Å². The minimum atomic E-state index is -2.53. The van der Waals surface area contributed by atoms with Crippen molar-refractivity contribution in [1.82, 2.24) is 10.6 Å². The fraction of sp³-hybridized carbons (Fsp3) is 0.316. The number of benzene rings is 2. The number of hydrogen-bond acceptors (Lipinski definition) is 2. The Morgan fingerprint density at radius 2 is 1.73 bits per heavy atom. The van der Waals surface area contributed by atoms with Crippen LogP contribution in [0.5, 0.6) is 0 Å². The van der Waals surface area contributed by atoms with E-state index >= 15 is 0 Å². The Labute approximate surface area is 136 Å². The van der Waals surface area contributed by atoms with E-state index in [9.17, 15) is 4.79 Å². The van der Waals surface area contributed by atoms with Crippen LogP contribution in [0.3, 0.4) is 0 Å². The van der Waals surface area contributed by atoms with Gasteiger partial charge in [0.05, 0.1) is 0 Å². The van der Waals surface area contributed by atoms with Crippen molar-refractivity contribution in [2.75, 3.05) is 20.1 Å². The second-order valence-electron chi connectivity index (χ2n) is 5.68. The van der Waals surface area contributed by atoms with E-state index in [1.807, 2.05) is 60.7 Å². The SMILES string of the molecule is [2H]C([2H])([2H])NC(=O)C(c1ccccc1)(c1ccccc1)[C@@H]1CCNC1. The van der Waals surface area contributed by atoms with Gasteiger partial charge in [-0.05, 0) is 36.6 Å². The highest BCUT2D eigenvalue weighted by atomic mass is 16.2. The van der Waals surface area contributed by atoms with E-state index in [4.69, 9.17) is 4.11 Å². The summed E-state index contributed by atoms with van der Waals surface area (Å²) in [6.07, 6.45) is 0.804. The van der Waals surface area contributed by atoms with Crippen LogP contribution in [0.4, 0.5) is 0 Å². The first-order valence-corrected chi connectivity index (χ1v) is 7.59. The largest absolute Gasteiger partial charge is 0.358 e. The molecule has 3 nitrogen and oxygen atoms in total. The fourth-order valence-electron chi connectivity index (χ4n) is 3.61. The van der Waals surface area contributed by atoms with Gasteiger partial charge < -0.3 is 10.6 Å². The molecule has 1 fully saturated rings. The predicted octanol–water partition coefficient (Wildman–Crippen LogP) is 2.33. The smallest absolute Gasteiger partial charge is 0.235 e. The quantitative estimate of drug-likeness (QED) is 0.909. The molecule has 2 N–H and O–H groups in total. The highest BCUT2D eigenvalue weighted by Gasteiger charge is 2.48. The van der Waals surface area contributed by atoms with Crippen LogP contribution >= 0.6 is 0 Å². The summed E-state index contributed by atoms with van der Waals surface area (Å²) in [7, 11) is 0. The molecule has 0 aromatic heterocycles. The molecule has 22 heavy (non-hydrogen) atoms. The Hall–Kier alpha value is -2.13. The van der Waals surface area contributed by atoms with Gasteiger partial charge in [-0.25, -0.2) is 0 Å². The number of amides is 1. The molecule has 3 rings (SSSR count). The molecule has 1 heterocycles. The molecule has 3 heteroatoms. The lowest BCUT2D eigenvalue weighted by Gasteiger charge is -2.38. The third-order valence-corrected chi connectivity index (χ3v) is 4.60. The molecule has 1 saturated heterocycles. The summed E-state index contributed by atoms with van der Waals surface area (Å²) in [5.74, 6) is -0.502. The van der Waals surface area contributed by atoms with Crippen molar-refractivity contribution in [2.45, 2.75) is 11.8 Å². The van der Waals surface area contributed by atoms with Crippen molar-refractivity contribution in [1.29, 1.82) is 0 Å². The van der Waals surface area contributed by atoms with Crippen LogP contribution in [0.1, 0.15) is 21.7 Å². The zero-order chi connectivity index (χ0) is 17.9. The number of nitrogens with one attached hydrogen (secondary N) is 2. The lowest BCUT2D eigenvalue weighted by Crippen LogP contribution is -2.50. The van der Waals surface area contributed by atoms with E-state index in [2.05, 4.69) is 10.6 Å². The number of rotatable bonds is 4. The Morgan fingerprint density at radius 3 is 2.18 bits per heavy atom. The number of hydrogen-bond donors (Lipinski definition) is 2. The molecule has 1 atom stereocenters. The summed E-state index contributed by atoms with van der Waals surface area (Å²) in [5, 5.41) is 5.58. The van der Waals surface area contributed by atoms with Crippen molar-refractivity contribution in [2.24, 2.45) is 5.92 Å². The van der Waals surface area contributed by atoms with Crippen LogP contribution in [-0.4, -0.2) is 26.0 Å². The molecule has 0 saturated carbocycles. The summed E-state index contributed by atoms with van der Waals surface area (Å²) >= 11 is 0. The van der Waals surface area contributed by atoms with Crippen molar-refractivity contribution in [3.05, 3.63) is 71.8 Å².